The molecule has 3 fully saturated rings. The molecule has 37 heavy (non-hydrogen) atoms. The minimum absolute atomic E-state index is 0.0148. The second-order valence-corrected chi connectivity index (χ2v) is 14.9. The predicted molar refractivity (Wildman–Crippen MR) is 141 cm³/mol. The van der Waals surface area contributed by atoms with Crippen LogP contribution in [0, 0.1) is 45.3 Å². The van der Waals surface area contributed by atoms with Gasteiger partial charge in [-0.25, -0.2) is 0 Å². The Morgan fingerprint density at radius 3 is 2.22 bits per heavy atom. The fraction of sp³-hybridized carbons (Fsp3) is 0.933. The standard InChI is InChI=1S/C30H52O7/c1-16(12-19(33)25(36)27(4,5)37)23-20(34)14-29(7)24-17(8-10-28(23,29)6)30(15-31)11-9-22(35)26(2,3)21(30)13-18(24)32/h8,16,18-25,31-37H,9-15H2,1-7H3. The van der Waals surface area contributed by atoms with Crippen LogP contribution >= 0.6 is 0 Å². The molecule has 4 rings (SSSR count). The van der Waals surface area contributed by atoms with Crippen LogP contribution in [0.2, 0.25) is 0 Å². The number of aliphatic hydroxyl groups excluding tert-OH is 6. The Hall–Kier alpha value is -0.540. The third-order valence-corrected chi connectivity index (χ3v) is 12.2. The summed E-state index contributed by atoms with van der Waals surface area (Å²) in [5.41, 5.74) is -2.04. The van der Waals surface area contributed by atoms with Crippen molar-refractivity contribution in [1.82, 2.24) is 0 Å². The summed E-state index contributed by atoms with van der Waals surface area (Å²) in [5, 5.41) is 76.3. The quantitative estimate of drug-likeness (QED) is 0.265. The van der Waals surface area contributed by atoms with Gasteiger partial charge in [-0.15, -0.1) is 0 Å². The smallest absolute Gasteiger partial charge is 0.108 e. The normalized spacial score (nSPS) is 47.8. The highest BCUT2D eigenvalue weighted by Gasteiger charge is 2.70. The summed E-state index contributed by atoms with van der Waals surface area (Å²) in [4.78, 5) is 0. The molecule has 0 aromatic rings. The molecule has 0 aromatic carbocycles. The Morgan fingerprint density at radius 1 is 1.03 bits per heavy atom. The first kappa shape index (κ1) is 29.4. The van der Waals surface area contributed by atoms with E-state index in [0.717, 1.165) is 5.57 Å². The Labute approximate surface area is 222 Å². The van der Waals surface area contributed by atoms with Gasteiger partial charge < -0.3 is 35.7 Å². The van der Waals surface area contributed by atoms with E-state index in [1.54, 1.807) is 0 Å². The van der Waals surface area contributed by atoms with Crippen LogP contribution in [0.1, 0.15) is 87.0 Å². The number of aliphatic hydroxyl groups is 7. The van der Waals surface area contributed by atoms with E-state index in [0.29, 0.717) is 32.1 Å². The van der Waals surface area contributed by atoms with Gasteiger partial charge in [0, 0.05) is 11.3 Å². The van der Waals surface area contributed by atoms with Gasteiger partial charge >= 0.3 is 0 Å². The van der Waals surface area contributed by atoms with Crippen LogP contribution in [-0.2, 0) is 0 Å². The van der Waals surface area contributed by atoms with E-state index in [2.05, 4.69) is 33.8 Å². The first-order valence-electron chi connectivity index (χ1n) is 14.3. The van der Waals surface area contributed by atoms with Gasteiger partial charge in [0.15, 0.2) is 0 Å². The molecule has 7 nitrogen and oxygen atoms in total. The van der Waals surface area contributed by atoms with Crippen LogP contribution in [0.25, 0.3) is 0 Å². The number of hydrogen-bond acceptors (Lipinski definition) is 7. The molecule has 0 aromatic heterocycles. The minimum Gasteiger partial charge on any atom is -0.395 e. The molecule has 0 aliphatic heterocycles. The first-order valence-corrected chi connectivity index (χ1v) is 14.3. The SMILES string of the molecule is CC(CC(O)C(O)C(C)(C)O)C1C(O)CC2(C)C3C(=CCC12C)C1(CO)CCC(O)C(C)(C)C1CC3O. The molecule has 12 unspecified atom stereocenters. The number of rotatable bonds is 6. The van der Waals surface area contributed by atoms with Gasteiger partial charge in [-0.1, -0.05) is 46.3 Å². The first-order chi connectivity index (χ1) is 16.9. The number of fused-ring (bicyclic) bond motifs is 5. The van der Waals surface area contributed by atoms with Gasteiger partial charge in [-0.05, 0) is 86.4 Å². The molecular formula is C30H52O7. The zero-order valence-corrected chi connectivity index (χ0v) is 23.9. The van der Waals surface area contributed by atoms with E-state index in [9.17, 15) is 35.7 Å². The average Bonchev–Trinajstić information content (AvgIpc) is 3.00. The molecular weight excluding hydrogens is 472 g/mol. The lowest BCUT2D eigenvalue weighted by Gasteiger charge is -2.65. The predicted octanol–water partition coefficient (Wildman–Crippen LogP) is 2.39. The molecule has 12 atom stereocenters. The molecule has 0 heterocycles. The third kappa shape index (κ3) is 4.10. The van der Waals surface area contributed by atoms with Gasteiger partial charge in [-0.3, -0.25) is 0 Å². The molecule has 4 aliphatic carbocycles. The van der Waals surface area contributed by atoms with E-state index in [4.69, 9.17) is 0 Å². The van der Waals surface area contributed by atoms with Gasteiger partial charge in [0.25, 0.3) is 0 Å². The molecule has 0 amide bonds. The summed E-state index contributed by atoms with van der Waals surface area (Å²) >= 11 is 0. The lowest BCUT2D eigenvalue weighted by molar-refractivity contribution is -0.168. The third-order valence-electron chi connectivity index (χ3n) is 12.2. The Bertz CT molecular complexity index is 895. The minimum atomic E-state index is -1.43. The Morgan fingerprint density at radius 2 is 1.65 bits per heavy atom. The van der Waals surface area contributed by atoms with Crippen molar-refractivity contribution in [2.75, 3.05) is 6.61 Å². The van der Waals surface area contributed by atoms with Gasteiger partial charge in [0.05, 0.1) is 36.6 Å². The van der Waals surface area contributed by atoms with Crippen LogP contribution in [0.15, 0.2) is 11.6 Å². The summed E-state index contributed by atoms with van der Waals surface area (Å²) in [6.07, 6.45) is 1.31. The van der Waals surface area contributed by atoms with Crippen molar-refractivity contribution < 1.29 is 35.7 Å². The monoisotopic (exact) mass is 524 g/mol. The van der Waals surface area contributed by atoms with Gasteiger partial charge in [-0.2, -0.15) is 0 Å². The molecule has 4 aliphatic rings. The molecule has 0 radical (unpaired) electrons. The lowest BCUT2D eigenvalue weighted by Crippen LogP contribution is -2.63. The summed E-state index contributed by atoms with van der Waals surface area (Å²) in [5.74, 6) is -0.551. The second kappa shape index (κ2) is 9.25. The number of hydrogen-bond donors (Lipinski definition) is 7. The van der Waals surface area contributed by atoms with Crippen LogP contribution < -0.4 is 0 Å². The molecule has 7 heteroatoms. The Balaban J connectivity index is 1.71. The van der Waals surface area contributed by atoms with Crippen molar-refractivity contribution in [3.8, 4) is 0 Å². The molecule has 0 saturated heterocycles. The van der Waals surface area contributed by atoms with E-state index in [1.807, 2.05) is 6.92 Å². The topological polar surface area (TPSA) is 142 Å². The van der Waals surface area contributed by atoms with Crippen LogP contribution in [0.3, 0.4) is 0 Å². The molecule has 214 valence electrons. The molecule has 7 N–H and O–H groups in total. The summed E-state index contributed by atoms with van der Waals surface area (Å²) in [6.45, 7) is 13.4. The fourth-order valence-corrected chi connectivity index (χ4v) is 9.94. The zero-order valence-electron chi connectivity index (χ0n) is 23.9. The van der Waals surface area contributed by atoms with Crippen LogP contribution in [0.4, 0.5) is 0 Å². The Kier molecular flexibility index (Phi) is 7.36. The maximum Gasteiger partial charge on any atom is 0.108 e. The maximum atomic E-state index is 11.7. The molecule has 3 saturated carbocycles. The van der Waals surface area contributed by atoms with E-state index in [1.165, 1.54) is 13.8 Å². The maximum absolute atomic E-state index is 11.7. The number of allylic oxidation sites excluding steroid dienone is 1. The van der Waals surface area contributed by atoms with Crippen molar-refractivity contribution in [3.63, 3.8) is 0 Å². The van der Waals surface area contributed by atoms with E-state index in [-0.39, 0.29) is 42.1 Å². The zero-order chi connectivity index (χ0) is 27.9. The van der Waals surface area contributed by atoms with Crippen LogP contribution in [0.5, 0.6) is 0 Å². The van der Waals surface area contributed by atoms with Gasteiger partial charge in [0.2, 0.25) is 0 Å². The summed E-state index contributed by atoms with van der Waals surface area (Å²) < 4.78 is 0. The second-order valence-electron chi connectivity index (χ2n) is 14.9. The average molecular weight is 525 g/mol. The van der Waals surface area contributed by atoms with E-state index < -0.39 is 52.4 Å². The molecule has 0 spiro atoms. The fourth-order valence-electron chi connectivity index (χ4n) is 9.94. The molecule has 0 bridgehead atoms. The highest BCUT2D eigenvalue weighted by Crippen LogP contribution is 2.73. The largest absolute Gasteiger partial charge is 0.395 e. The van der Waals surface area contributed by atoms with Crippen molar-refractivity contribution in [1.29, 1.82) is 0 Å². The van der Waals surface area contributed by atoms with Crippen molar-refractivity contribution in [3.05, 3.63) is 11.6 Å². The van der Waals surface area contributed by atoms with Crippen molar-refractivity contribution >= 4 is 0 Å². The van der Waals surface area contributed by atoms with Crippen LogP contribution in [-0.4, -0.2) is 78.5 Å². The highest BCUT2D eigenvalue weighted by atomic mass is 16.4. The van der Waals surface area contributed by atoms with Crippen molar-refractivity contribution in [2.45, 2.75) is 123 Å². The summed E-state index contributed by atoms with van der Waals surface area (Å²) in [7, 11) is 0. The van der Waals surface area contributed by atoms with Gasteiger partial charge in [0.1, 0.15) is 6.10 Å². The lowest BCUT2D eigenvalue weighted by atomic mass is 9.40. The highest BCUT2D eigenvalue weighted by molar-refractivity contribution is 5.35. The summed E-state index contributed by atoms with van der Waals surface area (Å²) in [6, 6.07) is 0. The van der Waals surface area contributed by atoms with Crippen molar-refractivity contribution in [2.24, 2.45) is 45.3 Å². The van der Waals surface area contributed by atoms with E-state index >= 15 is 0 Å².